The minimum Gasteiger partial charge on any atom is -0.475 e. The monoisotopic (exact) mass is 410 g/mol. The van der Waals surface area contributed by atoms with Gasteiger partial charge in [0.2, 0.25) is 5.88 Å². The van der Waals surface area contributed by atoms with Crippen LogP contribution in [0.5, 0.6) is 5.88 Å². The molecule has 1 aromatic carbocycles. The largest absolute Gasteiger partial charge is 0.475 e. The van der Waals surface area contributed by atoms with Gasteiger partial charge >= 0.3 is 0 Å². The van der Waals surface area contributed by atoms with Crippen molar-refractivity contribution < 1.29 is 9.16 Å². The molecule has 2 aromatic rings. The van der Waals surface area contributed by atoms with E-state index in [1.165, 1.54) is 17.5 Å². The first kappa shape index (κ1) is 21.6. The number of hydrogen-bond donors (Lipinski definition) is 1. The number of benzene rings is 1. The maximum atomic E-state index is 6.48. The first-order valence-electron chi connectivity index (χ1n) is 10.4. The molecule has 0 bridgehead atoms. The number of aryl methyl sites for hydroxylation is 1. The number of aromatic nitrogens is 1. The Labute approximate surface area is 176 Å². The highest BCUT2D eigenvalue weighted by atomic mass is 28.4. The van der Waals surface area contributed by atoms with Gasteiger partial charge < -0.3 is 14.9 Å². The van der Waals surface area contributed by atoms with E-state index in [0.29, 0.717) is 12.5 Å². The summed E-state index contributed by atoms with van der Waals surface area (Å²) in [5.74, 6) is 0.577. The van der Waals surface area contributed by atoms with Crippen LogP contribution in [-0.2, 0) is 17.3 Å². The fraction of sp³-hybridized carbons (Fsp3) is 0.458. The number of hydrogen-bond acceptors (Lipinski definition) is 4. The van der Waals surface area contributed by atoms with Crippen LogP contribution in [-0.4, -0.2) is 26.0 Å². The van der Waals surface area contributed by atoms with Gasteiger partial charge in [0.1, 0.15) is 6.61 Å². The molecule has 0 spiro atoms. The van der Waals surface area contributed by atoms with E-state index in [2.05, 4.69) is 57.6 Å². The predicted molar refractivity (Wildman–Crippen MR) is 124 cm³/mol. The van der Waals surface area contributed by atoms with E-state index in [1.54, 1.807) is 6.20 Å². The molecule has 1 aliphatic carbocycles. The molecule has 4 nitrogen and oxygen atoms in total. The first-order chi connectivity index (χ1) is 13.6. The fourth-order valence-corrected chi connectivity index (χ4v) is 4.75. The molecule has 1 heterocycles. The lowest BCUT2D eigenvalue weighted by molar-refractivity contribution is 0.147. The molecule has 1 atom stereocenters. The summed E-state index contributed by atoms with van der Waals surface area (Å²) in [5, 5.41) is 0.136. The summed E-state index contributed by atoms with van der Waals surface area (Å²) in [4.78, 5) is 4.38. The van der Waals surface area contributed by atoms with Gasteiger partial charge in [-0.05, 0) is 60.2 Å². The minimum absolute atomic E-state index is 0.136. The molecule has 1 unspecified atom stereocenters. The van der Waals surface area contributed by atoms with Gasteiger partial charge in [-0.25, -0.2) is 4.98 Å². The predicted octanol–water partition coefficient (Wildman–Crippen LogP) is 5.77. The number of anilines is 1. The molecule has 1 aromatic heterocycles. The third-order valence-electron chi connectivity index (χ3n) is 6.28. The molecule has 0 saturated carbocycles. The molecule has 3 rings (SSSR count). The van der Waals surface area contributed by atoms with Crippen LogP contribution in [0.2, 0.25) is 18.1 Å². The first-order valence-corrected chi connectivity index (χ1v) is 13.3. The van der Waals surface area contributed by atoms with Gasteiger partial charge in [0, 0.05) is 23.5 Å². The Hall–Kier alpha value is -2.11. The summed E-state index contributed by atoms with van der Waals surface area (Å²) >= 11 is 0. The van der Waals surface area contributed by atoms with Gasteiger partial charge in [-0.1, -0.05) is 39.0 Å². The SMILES string of the molecule is C=CC(COc1cc(-c2ccc3c(c2N)CCC3)ccn1)O[Si](C)(C)C(C)(C)C. The van der Waals surface area contributed by atoms with Gasteiger partial charge in [0.05, 0.1) is 6.10 Å². The molecular formula is C24H34N2O2Si. The van der Waals surface area contributed by atoms with Crippen LogP contribution in [0, 0.1) is 0 Å². The summed E-state index contributed by atoms with van der Waals surface area (Å²) in [6, 6.07) is 8.26. The fourth-order valence-electron chi connectivity index (χ4n) is 3.48. The highest BCUT2D eigenvalue weighted by molar-refractivity contribution is 6.74. The Morgan fingerprint density at radius 3 is 2.69 bits per heavy atom. The van der Waals surface area contributed by atoms with Gasteiger partial charge in [0.15, 0.2) is 8.32 Å². The maximum Gasteiger partial charge on any atom is 0.213 e. The van der Waals surface area contributed by atoms with Gasteiger partial charge in [-0.2, -0.15) is 0 Å². The van der Waals surface area contributed by atoms with E-state index in [1.807, 2.05) is 18.2 Å². The van der Waals surface area contributed by atoms with E-state index in [-0.39, 0.29) is 11.1 Å². The maximum absolute atomic E-state index is 6.48. The van der Waals surface area contributed by atoms with Crippen molar-refractivity contribution in [3.63, 3.8) is 0 Å². The lowest BCUT2D eigenvalue weighted by Crippen LogP contribution is -2.44. The lowest BCUT2D eigenvalue weighted by atomic mass is 9.98. The lowest BCUT2D eigenvalue weighted by Gasteiger charge is -2.38. The van der Waals surface area contributed by atoms with Crippen molar-refractivity contribution >= 4 is 14.0 Å². The summed E-state index contributed by atoms with van der Waals surface area (Å²) in [5.41, 5.74) is 12.1. The number of nitrogens with two attached hydrogens (primary N) is 1. The zero-order chi connectivity index (χ0) is 21.2. The molecule has 2 N–H and O–H groups in total. The van der Waals surface area contributed by atoms with Crippen LogP contribution >= 0.6 is 0 Å². The summed E-state index contributed by atoms with van der Waals surface area (Å²) in [6.07, 6.45) is 6.81. The van der Waals surface area contributed by atoms with Crippen LogP contribution in [0.1, 0.15) is 38.3 Å². The molecular weight excluding hydrogens is 376 g/mol. The molecule has 0 fully saturated rings. The average molecular weight is 411 g/mol. The zero-order valence-corrected chi connectivity index (χ0v) is 19.4. The van der Waals surface area contributed by atoms with E-state index in [4.69, 9.17) is 14.9 Å². The van der Waals surface area contributed by atoms with Crippen molar-refractivity contribution in [2.45, 2.75) is 64.3 Å². The van der Waals surface area contributed by atoms with E-state index in [0.717, 1.165) is 29.7 Å². The molecule has 0 aliphatic heterocycles. The number of pyridine rings is 1. The van der Waals surface area contributed by atoms with Crippen molar-refractivity contribution in [3.8, 4) is 17.0 Å². The minimum atomic E-state index is -1.90. The number of nitrogens with zero attached hydrogens (tertiary/aromatic N) is 1. The van der Waals surface area contributed by atoms with Gasteiger partial charge in [0.25, 0.3) is 0 Å². The summed E-state index contributed by atoms with van der Waals surface area (Å²) < 4.78 is 12.4. The van der Waals surface area contributed by atoms with Crippen LogP contribution in [0.25, 0.3) is 11.1 Å². The van der Waals surface area contributed by atoms with Gasteiger partial charge in [-0.15, -0.1) is 6.58 Å². The van der Waals surface area contributed by atoms with Crippen molar-refractivity contribution in [1.82, 2.24) is 4.98 Å². The van der Waals surface area contributed by atoms with Crippen LogP contribution in [0.3, 0.4) is 0 Å². The van der Waals surface area contributed by atoms with E-state index in [9.17, 15) is 0 Å². The second-order valence-corrected chi connectivity index (χ2v) is 14.1. The third kappa shape index (κ3) is 4.73. The highest BCUT2D eigenvalue weighted by Crippen LogP contribution is 2.38. The van der Waals surface area contributed by atoms with E-state index < -0.39 is 8.32 Å². The van der Waals surface area contributed by atoms with Gasteiger partial charge in [-0.3, -0.25) is 0 Å². The molecule has 0 amide bonds. The zero-order valence-electron chi connectivity index (χ0n) is 18.4. The van der Waals surface area contributed by atoms with E-state index >= 15 is 0 Å². The normalized spacial score (nSPS) is 15.1. The average Bonchev–Trinajstić information content (AvgIpc) is 3.14. The van der Waals surface area contributed by atoms with Crippen LogP contribution in [0.15, 0.2) is 43.1 Å². The highest BCUT2D eigenvalue weighted by Gasteiger charge is 2.38. The Morgan fingerprint density at radius 2 is 2.00 bits per heavy atom. The standard InChI is InChI=1S/C24H34N2O2Si/c1-7-19(28-29(5,6)24(2,3)4)16-27-22-15-18(13-14-26-22)21-12-11-17-9-8-10-20(17)23(21)25/h7,11-15,19H,1,8-10,16,25H2,2-6H3. The third-order valence-corrected chi connectivity index (χ3v) is 10.8. The summed E-state index contributed by atoms with van der Waals surface area (Å²) in [6.45, 7) is 15.5. The molecule has 0 radical (unpaired) electrons. The quantitative estimate of drug-likeness (QED) is 0.357. The molecule has 1 aliphatic rings. The Bertz CT molecular complexity index is 887. The van der Waals surface area contributed by atoms with Crippen molar-refractivity contribution in [1.29, 1.82) is 0 Å². The molecule has 156 valence electrons. The second-order valence-electron chi connectivity index (χ2n) is 9.36. The Balaban J connectivity index is 1.73. The van der Waals surface area contributed by atoms with Crippen molar-refractivity contribution in [3.05, 3.63) is 54.2 Å². The van der Waals surface area contributed by atoms with Crippen molar-refractivity contribution in [2.24, 2.45) is 0 Å². The number of nitrogen functional groups attached to an aromatic ring is 1. The Morgan fingerprint density at radius 1 is 1.24 bits per heavy atom. The number of fused-ring (bicyclic) bond motifs is 1. The second kappa shape index (κ2) is 8.32. The smallest absolute Gasteiger partial charge is 0.213 e. The van der Waals surface area contributed by atoms with Crippen LogP contribution < -0.4 is 10.5 Å². The topological polar surface area (TPSA) is 57.4 Å². The Kier molecular flexibility index (Phi) is 6.20. The molecule has 0 saturated heterocycles. The molecule has 29 heavy (non-hydrogen) atoms. The summed E-state index contributed by atoms with van der Waals surface area (Å²) in [7, 11) is -1.90. The molecule has 5 heteroatoms. The number of ether oxygens (including phenoxy) is 1. The van der Waals surface area contributed by atoms with Crippen molar-refractivity contribution in [2.75, 3.05) is 12.3 Å². The van der Waals surface area contributed by atoms with Crippen LogP contribution in [0.4, 0.5) is 5.69 Å². The number of rotatable bonds is 7.